The van der Waals surface area contributed by atoms with E-state index in [0.717, 1.165) is 71.6 Å². The van der Waals surface area contributed by atoms with Gasteiger partial charge in [-0.05, 0) is 36.8 Å². The normalized spacial score (nSPS) is 20.0. The monoisotopic (exact) mass is 430 g/mol. The Bertz CT molecular complexity index is 665. The molecule has 2 amide bonds. The van der Waals surface area contributed by atoms with Crippen LogP contribution in [0.5, 0.6) is 0 Å². The van der Waals surface area contributed by atoms with E-state index in [4.69, 9.17) is 4.74 Å². The third-order valence-corrected chi connectivity index (χ3v) is 7.16. The number of aryl methyl sites for hydroxylation is 1. The number of amides is 2. The summed E-state index contributed by atoms with van der Waals surface area (Å²) in [5, 5.41) is 6.42. The molecule has 3 rings (SSSR count). The number of carbonyl (C=O) groups is 1. The lowest BCUT2D eigenvalue weighted by Crippen LogP contribution is -2.54. The Labute approximate surface area is 188 Å². The SMILES string of the molecule is CCC(CC)C(CNC(=O)NC1CCN(Cc2ccccc2C)CC1)N1CCOCC1. The molecule has 0 radical (unpaired) electrons. The topological polar surface area (TPSA) is 56.8 Å². The van der Waals surface area contributed by atoms with Crippen molar-refractivity contribution in [3.63, 3.8) is 0 Å². The first kappa shape index (κ1) is 24.0. The van der Waals surface area contributed by atoms with Gasteiger partial charge in [0, 0.05) is 51.4 Å². The van der Waals surface area contributed by atoms with Crippen LogP contribution in [0.15, 0.2) is 24.3 Å². The number of nitrogens with one attached hydrogen (secondary N) is 2. The van der Waals surface area contributed by atoms with Gasteiger partial charge in [0.2, 0.25) is 0 Å². The van der Waals surface area contributed by atoms with E-state index < -0.39 is 0 Å². The van der Waals surface area contributed by atoms with Gasteiger partial charge >= 0.3 is 6.03 Å². The number of ether oxygens (including phenoxy) is 1. The van der Waals surface area contributed by atoms with Crippen molar-refractivity contribution in [2.24, 2.45) is 5.92 Å². The minimum Gasteiger partial charge on any atom is -0.379 e. The smallest absolute Gasteiger partial charge is 0.315 e. The van der Waals surface area contributed by atoms with Crippen molar-refractivity contribution in [3.8, 4) is 0 Å². The van der Waals surface area contributed by atoms with Gasteiger partial charge in [-0.1, -0.05) is 51.0 Å². The molecule has 6 heteroatoms. The van der Waals surface area contributed by atoms with Crippen molar-refractivity contribution in [1.29, 1.82) is 0 Å². The van der Waals surface area contributed by atoms with E-state index >= 15 is 0 Å². The molecule has 1 aromatic carbocycles. The number of nitrogens with zero attached hydrogens (tertiary/aromatic N) is 2. The molecule has 1 atom stereocenters. The van der Waals surface area contributed by atoms with Crippen LogP contribution < -0.4 is 10.6 Å². The molecule has 2 aliphatic rings. The maximum atomic E-state index is 12.6. The summed E-state index contributed by atoms with van der Waals surface area (Å²) in [6.07, 6.45) is 4.31. The number of benzene rings is 1. The van der Waals surface area contributed by atoms with Crippen LogP contribution >= 0.6 is 0 Å². The molecule has 31 heavy (non-hydrogen) atoms. The summed E-state index contributed by atoms with van der Waals surface area (Å²) in [5.41, 5.74) is 2.76. The molecule has 0 saturated carbocycles. The Hall–Kier alpha value is -1.63. The predicted octanol–water partition coefficient (Wildman–Crippen LogP) is 3.40. The summed E-state index contributed by atoms with van der Waals surface area (Å²) in [4.78, 5) is 17.6. The first-order chi connectivity index (χ1) is 15.1. The highest BCUT2D eigenvalue weighted by atomic mass is 16.5. The van der Waals surface area contributed by atoms with Crippen LogP contribution in [-0.2, 0) is 11.3 Å². The summed E-state index contributed by atoms with van der Waals surface area (Å²) in [6.45, 7) is 14.0. The molecule has 2 heterocycles. The number of urea groups is 1. The van der Waals surface area contributed by atoms with Gasteiger partial charge in [-0.3, -0.25) is 9.80 Å². The second-order valence-corrected chi connectivity index (χ2v) is 9.12. The zero-order valence-corrected chi connectivity index (χ0v) is 19.7. The van der Waals surface area contributed by atoms with Crippen molar-refractivity contribution >= 4 is 6.03 Å². The molecule has 174 valence electrons. The predicted molar refractivity (Wildman–Crippen MR) is 126 cm³/mol. The molecule has 1 unspecified atom stereocenters. The molecular formula is C25H42N4O2. The molecular weight excluding hydrogens is 388 g/mol. The van der Waals surface area contributed by atoms with Crippen molar-refractivity contribution in [2.75, 3.05) is 45.9 Å². The van der Waals surface area contributed by atoms with E-state index in [1.807, 2.05) is 0 Å². The Morgan fingerprint density at radius 2 is 1.77 bits per heavy atom. The lowest BCUT2D eigenvalue weighted by molar-refractivity contribution is 0.00234. The molecule has 2 saturated heterocycles. The molecule has 6 nitrogen and oxygen atoms in total. The van der Waals surface area contributed by atoms with E-state index in [9.17, 15) is 4.79 Å². The minimum absolute atomic E-state index is 0.0124. The summed E-state index contributed by atoms with van der Waals surface area (Å²) in [5.74, 6) is 0.600. The fraction of sp³-hybridized carbons (Fsp3) is 0.720. The Morgan fingerprint density at radius 3 is 2.42 bits per heavy atom. The van der Waals surface area contributed by atoms with Gasteiger partial charge in [-0.25, -0.2) is 4.79 Å². The van der Waals surface area contributed by atoms with Crippen LogP contribution in [0, 0.1) is 12.8 Å². The van der Waals surface area contributed by atoms with E-state index in [0.29, 0.717) is 18.5 Å². The van der Waals surface area contributed by atoms with E-state index in [2.05, 4.69) is 65.5 Å². The number of likely N-dealkylation sites (tertiary alicyclic amines) is 1. The van der Waals surface area contributed by atoms with Gasteiger partial charge in [0.25, 0.3) is 0 Å². The first-order valence-corrected chi connectivity index (χ1v) is 12.2. The van der Waals surface area contributed by atoms with Crippen LogP contribution in [0.1, 0.15) is 50.7 Å². The highest BCUT2D eigenvalue weighted by molar-refractivity contribution is 5.74. The number of morpholine rings is 1. The van der Waals surface area contributed by atoms with Gasteiger partial charge in [-0.15, -0.1) is 0 Å². The summed E-state index contributed by atoms with van der Waals surface area (Å²) >= 11 is 0. The maximum Gasteiger partial charge on any atom is 0.315 e. The van der Waals surface area contributed by atoms with Gasteiger partial charge < -0.3 is 15.4 Å². The molecule has 2 N–H and O–H groups in total. The van der Waals surface area contributed by atoms with Crippen LogP contribution in [-0.4, -0.2) is 73.9 Å². The molecule has 2 aliphatic heterocycles. The molecule has 1 aromatic rings. The molecule has 0 aliphatic carbocycles. The van der Waals surface area contributed by atoms with Gasteiger partial charge in [-0.2, -0.15) is 0 Å². The van der Waals surface area contributed by atoms with Gasteiger partial charge in [0.15, 0.2) is 0 Å². The van der Waals surface area contributed by atoms with Gasteiger partial charge in [0.05, 0.1) is 13.2 Å². The average molecular weight is 431 g/mol. The maximum absolute atomic E-state index is 12.6. The van der Waals surface area contributed by atoms with Crippen LogP contribution in [0.25, 0.3) is 0 Å². The molecule has 0 bridgehead atoms. The fourth-order valence-electron chi connectivity index (χ4n) is 5.03. The zero-order valence-electron chi connectivity index (χ0n) is 19.7. The highest BCUT2D eigenvalue weighted by Gasteiger charge is 2.28. The number of piperidine rings is 1. The van der Waals surface area contributed by atoms with E-state index in [1.165, 1.54) is 11.1 Å². The van der Waals surface area contributed by atoms with E-state index in [-0.39, 0.29) is 12.1 Å². The number of carbonyl (C=O) groups excluding carboxylic acids is 1. The number of rotatable bonds is 9. The van der Waals surface area contributed by atoms with Crippen molar-refractivity contribution < 1.29 is 9.53 Å². The summed E-state index contributed by atoms with van der Waals surface area (Å²) in [6, 6.07) is 9.26. The quantitative estimate of drug-likeness (QED) is 0.631. The number of hydrogen-bond donors (Lipinski definition) is 2. The van der Waals surface area contributed by atoms with Gasteiger partial charge in [0.1, 0.15) is 0 Å². The Balaban J connectivity index is 1.42. The minimum atomic E-state index is -0.0124. The fourth-order valence-corrected chi connectivity index (χ4v) is 5.03. The van der Waals surface area contributed by atoms with Crippen molar-refractivity contribution in [3.05, 3.63) is 35.4 Å². The lowest BCUT2D eigenvalue weighted by atomic mass is 9.92. The second kappa shape index (κ2) is 12.4. The summed E-state index contributed by atoms with van der Waals surface area (Å²) < 4.78 is 5.53. The van der Waals surface area contributed by atoms with Crippen LogP contribution in [0.3, 0.4) is 0 Å². The average Bonchev–Trinajstić information content (AvgIpc) is 2.80. The van der Waals surface area contributed by atoms with Crippen molar-refractivity contribution in [1.82, 2.24) is 20.4 Å². The van der Waals surface area contributed by atoms with Crippen molar-refractivity contribution in [2.45, 2.75) is 65.1 Å². The van der Waals surface area contributed by atoms with Crippen LogP contribution in [0.2, 0.25) is 0 Å². The first-order valence-electron chi connectivity index (χ1n) is 12.2. The molecule has 2 fully saturated rings. The lowest BCUT2D eigenvalue weighted by Gasteiger charge is -2.39. The third-order valence-electron chi connectivity index (χ3n) is 7.16. The zero-order chi connectivity index (χ0) is 22.1. The number of hydrogen-bond acceptors (Lipinski definition) is 4. The molecule has 0 aromatic heterocycles. The summed E-state index contributed by atoms with van der Waals surface area (Å²) in [7, 11) is 0. The van der Waals surface area contributed by atoms with E-state index in [1.54, 1.807) is 0 Å². The largest absolute Gasteiger partial charge is 0.379 e. The Morgan fingerprint density at radius 1 is 1.10 bits per heavy atom. The standard InChI is InChI=1S/C25H42N4O2/c1-4-21(5-2)24(29-14-16-31-17-15-29)18-26-25(30)27-23-10-12-28(13-11-23)19-22-9-7-6-8-20(22)3/h6-9,21,23-24H,4-5,10-19H2,1-3H3,(H2,26,27,30). The molecule has 0 spiro atoms. The highest BCUT2D eigenvalue weighted by Crippen LogP contribution is 2.20. The second-order valence-electron chi connectivity index (χ2n) is 9.12. The van der Waals surface area contributed by atoms with Crippen LogP contribution in [0.4, 0.5) is 4.79 Å². The third kappa shape index (κ3) is 7.19. The Kier molecular flexibility index (Phi) is 9.62.